The predicted octanol–water partition coefficient (Wildman–Crippen LogP) is 3.57. The van der Waals surface area contributed by atoms with Crippen LogP contribution in [0.1, 0.15) is 24.6 Å². The van der Waals surface area contributed by atoms with Crippen molar-refractivity contribution >= 4 is 29.1 Å². The molecule has 1 amide bonds. The molecule has 6 nitrogen and oxygen atoms in total. The van der Waals surface area contributed by atoms with Crippen LogP contribution < -0.4 is 10.1 Å². The number of alkyl carbamates (subject to hydrolysis) is 1. The van der Waals surface area contributed by atoms with Crippen LogP contribution in [-0.4, -0.2) is 35.5 Å². The molecule has 4 rings (SSSR count). The largest absolute Gasteiger partial charge is 0.487 e. The minimum absolute atomic E-state index is 0.0658. The number of rotatable bonds is 0. The van der Waals surface area contributed by atoms with Gasteiger partial charge in [-0.3, -0.25) is 5.10 Å². The highest BCUT2D eigenvalue weighted by atomic mass is 19.1. The van der Waals surface area contributed by atoms with Crippen LogP contribution in [0.2, 0.25) is 0 Å². The number of ether oxygens (including phenoxy) is 2. The van der Waals surface area contributed by atoms with Crippen LogP contribution in [0.25, 0.3) is 23.1 Å². The highest BCUT2D eigenvalue weighted by molar-refractivity contribution is 5.97. The normalized spacial score (nSPS) is 20.0. The van der Waals surface area contributed by atoms with Gasteiger partial charge in [-0.05, 0) is 24.6 Å². The average molecular weight is 355 g/mol. The van der Waals surface area contributed by atoms with E-state index >= 15 is 0 Å². The molecule has 0 saturated heterocycles. The molecule has 1 aliphatic carbocycles. The third kappa shape index (κ3) is 3.08. The summed E-state index contributed by atoms with van der Waals surface area (Å²) < 4.78 is 26.0. The molecule has 1 aromatic heterocycles. The Morgan fingerprint density at radius 2 is 2.15 bits per heavy atom. The first-order chi connectivity index (χ1) is 12.6. The fourth-order valence-corrected chi connectivity index (χ4v) is 3.06. The third-order valence-electron chi connectivity index (χ3n) is 4.34. The first kappa shape index (κ1) is 16.4. The Morgan fingerprint density at radius 1 is 1.31 bits per heavy atom. The molecular weight excluding hydrogens is 337 g/mol. The van der Waals surface area contributed by atoms with Crippen LogP contribution in [0.4, 0.5) is 9.18 Å². The van der Waals surface area contributed by atoms with Crippen molar-refractivity contribution in [3.63, 3.8) is 0 Å². The molecule has 0 unspecified atom stereocenters. The van der Waals surface area contributed by atoms with Gasteiger partial charge in [-0.15, -0.1) is 0 Å². The van der Waals surface area contributed by atoms with E-state index in [4.69, 9.17) is 9.47 Å². The molecule has 2 aromatic rings. The number of allylic oxidation sites excluding steroid dienone is 2. The zero-order valence-corrected chi connectivity index (χ0v) is 14.2. The quantitative estimate of drug-likeness (QED) is 0.757. The highest BCUT2D eigenvalue weighted by Gasteiger charge is 2.21. The first-order valence-electron chi connectivity index (χ1n) is 8.45. The number of aromatic nitrogens is 2. The molecule has 2 heterocycles. The lowest BCUT2D eigenvalue weighted by molar-refractivity contribution is 0.152. The van der Waals surface area contributed by atoms with Crippen molar-refractivity contribution in [1.82, 2.24) is 15.5 Å². The second-order valence-corrected chi connectivity index (χ2v) is 6.29. The smallest absolute Gasteiger partial charge is 0.407 e. The zero-order chi connectivity index (χ0) is 18.1. The molecule has 2 bridgehead atoms. The van der Waals surface area contributed by atoms with E-state index in [9.17, 15) is 9.18 Å². The number of carbonyl (C=O) groups is 1. The lowest BCUT2D eigenvalue weighted by Crippen LogP contribution is -2.29. The number of nitrogens with zero attached hydrogens (tertiary/aromatic N) is 1. The fraction of sp³-hybridized carbons (Fsp3) is 0.263. The summed E-state index contributed by atoms with van der Waals surface area (Å²) in [5.41, 5.74) is 2.58. The Labute approximate surface area is 149 Å². The van der Waals surface area contributed by atoms with E-state index in [0.29, 0.717) is 35.3 Å². The summed E-state index contributed by atoms with van der Waals surface area (Å²) in [4.78, 5) is 11.8. The Bertz CT molecular complexity index is 959. The summed E-state index contributed by atoms with van der Waals surface area (Å²) in [5.74, 6) is -0.278. The van der Waals surface area contributed by atoms with E-state index in [2.05, 4.69) is 15.5 Å². The van der Waals surface area contributed by atoms with Crippen LogP contribution in [-0.2, 0) is 4.74 Å². The van der Waals surface area contributed by atoms with Gasteiger partial charge < -0.3 is 14.8 Å². The van der Waals surface area contributed by atoms with E-state index in [0.717, 1.165) is 5.39 Å². The number of nitrogens with one attached hydrogen (secondary N) is 2. The van der Waals surface area contributed by atoms with Crippen molar-refractivity contribution in [1.29, 1.82) is 0 Å². The number of hydrogen-bond acceptors (Lipinski definition) is 4. The summed E-state index contributed by atoms with van der Waals surface area (Å²) in [7, 11) is 0. The number of amides is 1. The molecule has 1 aliphatic heterocycles. The molecule has 0 spiro atoms. The molecule has 1 atom stereocenters. The van der Waals surface area contributed by atoms with Gasteiger partial charge in [0.1, 0.15) is 6.61 Å². The number of aromatic amines is 1. The second kappa shape index (κ2) is 6.67. The zero-order valence-electron chi connectivity index (χ0n) is 14.2. The van der Waals surface area contributed by atoms with Gasteiger partial charge in [0, 0.05) is 30.0 Å². The van der Waals surface area contributed by atoms with Crippen molar-refractivity contribution in [2.45, 2.75) is 19.4 Å². The van der Waals surface area contributed by atoms with Crippen LogP contribution >= 0.6 is 0 Å². The molecule has 0 radical (unpaired) electrons. The fourth-order valence-electron chi connectivity index (χ4n) is 3.06. The third-order valence-corrected chi connectivity index (χ3v) is 4.34. The Hall–Kier alpha value is -3.09. The number of benzene rings is 1. The van der Waals surface area contributed by atoms with E-state index < -0.39 is 11.9 Å². The number of cyclic esters (lactones) is 1. The van der Waals surface area contributed by atoms with E-state index in [1.165, 1.54) is 6.07 Å². The molecule has 2 aliphatic rings. The van der Waals surface area contributed by atoms with E-state index in [1.54, 1.807) is 6.08 Å². The summed E-state index contributed by atoms with van der Waals surface area (Å²) >= 11 is 0. The topological polar surface area (TPSA) is 76.2 Å². The summed E-state index contributed by atoms with van der Waals surface area (Å²) in [6, 6.07) is 1.40. The molecule has 0 saturated carbocycles. The standard InChI is InChI=1S/C19H18FN3O3/c1-11-6-7-21-19(24)25-10-12-4-2-3-5-15-17-13(8-12)18(26-11)14(20)9-16(17)23-22-15/h2-5,8-9,11H,6-7,10H2,1H3,(H,21,24)(H,22,23)/t11-/m1/s1. The second-order valence-electron chi connectivity index (χ2n) is 6.29. The molecule has 0 fully saturated rings. The molecular formula is C19H18FN3O3. The molecule has 2 N–H and O–H groups in total. The average Bonchev–Trinajstić information content (AvgIpc) is 3.02. The Balaban J connectivity index is 1.96. The van der Waals surface area contributed by atoms with Gasteiger partial charge >= 0.3 is 6.09 Å². The minimum atomic E-state index is -0.490. The SMILES string of the molecule is C[C@@H]1CCNC(=O)OCC2=Cc3c(c(F)cc4[nH]nc(c34)C=CC=C2)O1. The Kier molecular flexibility index (Phi) is 4.20. The number of H-pyrrole nitrogens is 1. The lowest BCUT2D eigenvalue weighted by Gasteiger charge is -2.19. The molecule has 134 valence electrons. The van der Waals surface area contributed by atoms with Crippen LogP contribution in [0, 0.1) is 5.82 Å². The number of hydrogen-bond donors (Lipinski definition) is 2. The maximum Gasteiger partial charge on any atom is 0.407 e. The van der Waals surface area contributed by atoms with Gasteiger partial charge in [0.05, 0.1) is 17.3 Å². The Morgan fingerprint density at radius 3 is 3.04 bits per heavy atom. The molecule has 1 aromatic carbocycles. The van der Waals surface area contributed by atoms with Crippen molar-refractivity contribution in [3.05, 3.63) is 46.9 Å². The molecule has 7 heteroatoms. The van der Waals surface area contributed by atoms with Gasteiger partial charge in [-0.25, -0.2) is 9.18 Å². The van der Waals surface area contributed by atoms with Gasteiger partial charge in [0.25, 0.3) is 0 Å². The summed E-state index contributed by atoms with van der Waals surface area (Å²) in [5, 5.41) is 10.6. The maximum absolute atomic E-state index is 14.8. The van der Waals surface area contributed by atoms with Gasteiger partial charge in [-0.1, -0.05) is 18.2 Å². The summed E-state index contributed by atoms with van der Waals surface area (Å²) in [6.07, 6.45) is 8.85. The summed E-state index contributed by atoms with van der Waals surface area (Å²) in [6.45, 7) is 2.29. The lowest BCUT2D eigenvalue weighted by atomic mass is 10.0. The maximum atomic E-state index is 14.8. The molecule has 26 heavy (non-hydrogen) atoms. The van der Waals surface area contributed by atoms with E-state index in [1.807, 2.05) is 31.2 Å². The van der Waals surface area contributed by atoms with Crippen LogP contribution in [0.3, 0.4) is 0 Å². The van der Waals surface area contributed by atoms with Gasteiger partial charge in [0.2, 0.25) is 0 Å². The minimum Gasteiger partial charge on any atom is -0.487 e. The van der Waals surface area contributed by atoms with Crippen molar-refractivity contribution in [2.24, 2.45) is 0 Å². The highest BCUT2D eigenvalue weighted by Crippen LogP contribution is 2.36. The number of halogens is 1. The van der Waals surface area contributed by atoms with Crippen molar-refractivity contribution in [3.8, 4) is 5.75 Å². The first-order valence-corrected chi connectivity index (χ1v) is 8.45. The van der Waals surface area contributed by atoms with Crippen LogP contribution in [0.15, 0.2) is 29.9 Å². The van der Waals surface area contributed by atoms with Gasteiger partial charge in [0.15, 0.2) is 11.6 Å². The monoisotopic (exact) mass is 355 g/mol. The van der Waals surface area contributed by atoms with Crippen molar-refractivity contribution < 1.29 is 18.7 Å². The predicted molar refractivity (Wildman–Crippen MR) is 96.3 cm³/mol. The number of carbonyl (C=O) groups excluding carboxylic acids is 1. The van der Waals surface area contributed by atoms with Crippen LogP contribution in [0.5, 0.6) is 5.75 Å². The van der Waals surface area contributed by atoms with E-state index in [-0.39, 0.29) is 18.5 Å². The van der Waals surface area contributed by atoms with Crippen molar-refractivity contribution in [2.75, 3.05) is 13.2 Å². The van der Waals surface area contributed by atoms with Gasteiger partial charge in [-0.2, -0.15) is 5.10 Å².